The average Bonchev–Trinajstić information content (AvgIpc) is 3.22. The molecule has 2 aromatic carbocycles. The number of benzene rings is 2. The van der Waals surface area contributed by atoms with E-state index in [1.807, 2.05) is 23.6 Å². The summed E-state index contributed by atoms with van der Waals surface area (Å²) in [7, 11) is 0. The summed E-state index contributed by atoms with van der Waals surface area (Å²) < 4.78 is 1.48. The molecule has 0 saturated carbocycles. The number of fused-ring (bicyclic) bond motifs is 1. The Hall–Kier alpha value is -2.41. The van der Waals surface area contributed by atoms with Crippen molar-refractivity contribution >= 4 is 51.4 Å². The molecular formula is C20H13ClN2O2S2. The van der Waals surface area contributed by atoms with Crippen LogP contribution in [0.5, 0.6) is 0 Å². The smallest absolute Gasteiger partial charge is 0.266 e. The summed E-state index contributed by atoms with van der Waals surface area (Å²) in [5, 5.41) is 3.26. The number of thioether (sulfide) groups is 1. The highest BCUT2D eigenvalue weighted by molar-refractivity contribution is 7.99. The van der Waals surface area contributed by atoms with E-state index in [0.717, 1.165) is 0 Å². The predicted octanol–water partition coefficient (Wildman–Crippen LogP) is 5.08. The van der Waals surface area contributed by atoms with E-state index in [4.69, 9.17) is 11.6 Å². The summed E-state index contributed by atoms with van der Waals surface area (Å²) in [6.07, 6.45) is 0. The van der Waals surface area contributed by atoms with Gasteiger partial charge in [-0.05, 0) is 35.7 Å². The molecule has 0 aliphatic rings. The van der Waals surface area contributed by atoms with Crippen molar-refractivity contribution in [3.63, 3.8) is 0 Å². The lowest BCUT2D eigenvalue weighted by Gasteiger charge is -2.14. The highest BCUT2D eigenvalue weighted by Gasteiger charge is 2.17. The minimum Gasteiger partial charge on any atom is -0.292 e. The van der Waals surface area contributed by atoms with E-state index in [1.165, 1.54) is 27.7 Å². The average molecular weight is 413 g/mol. The third-order valence-electron chi connectivity index (χ3n) is 3.97. The number of thiophene rings is 1. The molecule has 0 fully saturated rings. The molecular weight excluding hydrogens is 400 g/mol. The van der Waals surface area contributed by atoms with Crippen LogP contribution in [0, 0.1) is 0 Å². The number of carbonyl (C=O) groups is 1. The first-order valence-corrected chi connectivity index (χ1v) is 10.4. The van der Waals surface area contributed by atoms with Gasteiger partial charge in [0, 0.05) is 0 Å². The van der Waals surface area contributed by atoms with Gasteiger partial charge < -0.3 is 0 Å². The van der Waals surface area contributed by atoms with Crippen molar-refractivity contribution in [3.8, 4) is 5.69 Å². The maximum atomic E-state index is 13.1. The largest absolute Gasteiger partial charge is 0.292 e. The zero-order valence-electron chi connectivity index (χ0n) is 14.0. The monoisotopic (exact) mass is 412 g/mol. The lowest BCUT2D eigenvalue weighted by atomic mass is 10.2. The topological polar surface area (TPSA) is 52.0 Å². The van der Waals surface area contributed by atoms with E-state index in [1.54, 1.807) is 42.5 Å². The summed E-state index contributed by atoms with van der Waals surface area (Å²) in [4.78, 5) is 30.8. The van der Waals surface area contributed by atoms with Crippen LogP contribution in [-0.4, -0.2) is 21.1 Å². The molecule has 2 heterocycles. The van der Waals surface area contributed by atoms with Crippen molar-refractivity contribution in [1.29, 1.82) is 0 Å². The summed E-state index contributed by atoms with van der Waals surface area (Å²) >= 11 is 8.97. The van der Waals surface area contributed by atoms with E-state index in [-0.39, 0.29) is 17.1 Å². The van der Waals surface area contributed by atoms with E-state index < -0.39 is 0 Å². The highest BCUT2D eigenvalue weighted by Crippen LogP contribution is 2.26. The second-order valence-corrected chi connectivity index (χ2v) is 7.99. The number of hydrogen-bond donors (Lipinski definition) is 0. The van der Waals surface area contributed by atoms with Crippen molar-refractivity contribution < 1.29 is 4.79 Å². The standard InChI is InChI=1S/C20H13ClN2O2S2/c21-14-7-2-4-9-16(14)23-19(25)13-6-1-3-8-15(13)22-20(23)27-12-17(24)18-10-5-11-26-18/h1-11H,12H2. The van der Waals surface area contributed by atoms with Crippen molar-refractivity contribution in [2.45, 2.75) is 5.16 Å². The molecule has 0 aliphatic carbocycles. The van der Waals surface area contributed by atoms with Gasteiger partial charge in [-0.2, -0.15) is 0 Å². The number of aromatic nitrogens is 2. The van der Waals surface area contributed by atoms with Crippen LogP contribution in [0.4, 0.5) is 0 Å². The molecule has 0 atom stereocenters. The van der Waals surface area contributed by atoms with Gasteiger partial charge in [-0.3, -0.25) is 14.2 Å². The highest BCUT2D eigenvalue weighted by atomic mass is 35.5. The Morgan fingerprint density at radius 2 is 1.85 bits per heavy atom. The molecule has 0 aliphatic heterocycles. The van der Waals surface area contributed by atoms with Gasteiger partial charge in [-0.15, -0.1) is 11.3 Å². The molecule has 0 bridgehead atoms. The first-order valence-electron chi connectivity index (χ1n) is 8.11. The Kier molecular flexibility index (Phi) is 5.11. The second-order valence-electron chi connectivity index (χ2n) is 5.69. The number of halogens is 1. The Balaban J connectivity index is 1.83. The fourth-order valence-electron chi connectivity index (χ4n) is 2.69. The van der Waals surface area contributed by atoms with Gasteiger partial charge in [0.25, 0.3) is 5.56 Å². The van der Waals surface area contributed by atoms with Gasteiger partial charge in [0.05, 0.1) is 32.2 Å². The lowest BCUT2D eigenvalue weighted by Crippen LogP contribution is -2.22. The van der Waals surface area contributed by atoms with E-state index in [2.05, 4.69) is 4.98 Å². The van der Waals surface area contributed by atoms with Crippen molar-refractivity contribution in [2.24, 2.45) is 0 Å². The number of rotatable bonds is 5. The Labute approximate surface area is 168 Å². The quantitative estimate of drug-likeness (QED) is 0.261. The molecule has 0 N–H and O–H groups in total. The van der Waals surface area contributed by atoms with E-state index >= 15 is 0 Å². The van der Waals surface area contributed by atoms with Crippen LogP contribution in [0.15, 0.2) is 76.0 Å². The maximum absolute atomic E-state index is 13.1. The molecule has 27 heavy (non-hydrogen) atoms. The molecule has 0 radical (unpaired) electrons. The minimum absolute atomic E-state index is 0.00289. The normalized spacial score (nSPS) is 11.0. The maximum Gasteiger partial charge on any atom is 0.266 e. The Morgan fingerprint density at radius 1 is 1.07 bits per heavy atom. The molecule has 0 spiro atoms. The predicted molar refractivity (Wildman–Crippen MR) is 112 cm³/mol. The van der Waals surface area contributed by atoms with E-state index in [0.29, 0.717) is 31.6 Å². The zero-order chi connectivity index (χ0) is 18.8. The van der Waals surface area contributed by atoms with Crippen LogP contribution in [-0.2, 0) is 0 Å². The molecule has 4 aromatic rings. The third-order valence-corrected chi connectivity index (χ3v) is 6.14. The van der Waals surface area contributed by atoms with Crippen LogP contribution in [0.2, 0.25) is 5.02 Å². The summed E-state index contributed by atoms with van der Waals surface area (Å²) in [5.74, 6) is 0.193. The van der Waals surface area contributed by atoms with Crippen molar-refractivity contribution in [1.82, 2.24) is 9.55 Å². The molecule has 2 aromatic heterocycles. The second kappa shape index (κ2) is 7.68. The van der Waals surface area contributed by atoms with Gasteiger partial charge in [-0.25, -0.2) is 4.98 Å². The molecule has 134 valence electrons. The number of carbonyl (C=O) groups excluding carboxylic acids is 1. The van der Waals surface area contributed by atoms with E-state index in [9.17, 15) is 9.59 Å². The van der Waals surface area contributed by atoms with Crippen LogP contribution in [0.25, 0.3) is 16.6 Å². The number of ketones is 1. The lowest BCUT2D eigenvalue weighted by molar-refractivity contribution is 0.102. The van der Waals surface area contributed by atoms with Gasteiger partial charge in [0.15, 0.2) is 10.9 Å². The van der Waals surface area contributed by atoms with Crippen LogP contribution >= 0.6 is 34.7 Å². The number of hydrogen-bond acceptors (Lipinski definition) is 5. The fourth-order valence-corrected chi connectivity index (χ4v) is 4.56. The van der Waals surface area contributed by atoms with Gasteiger partial charge in [-0.1, -0.05) is 53.7 Å². The number of nitrogens with zero attached hydrogens (tertiary/aromatic N) is 2. The SMILES string of the molecule is O=C(CSc1nc2ccccc2c(=O)n1-c1ccccc1Cl)c1cccs1. The van der Waals surface area contributed by atoms with Crippen LogP contribution in [0.1, 0.15) is 9.67 Å². The molecule has 7 heteroatoms. The Bertz CT molecular complexity index is 1190. The Morgan fingerprint density at radius 3 is 2.63 bits per heavy atom. The van der Waals surface area contributed by atoms with Gasteiger partial charge in [0.2, 0.25) is 0 Å². The molecule has 4 nitrogen and oxygen atoms in total. The summed E-state index contributed by atoms with van der Waals surface area (Å²) in [6.45, 7) is 0. The zero-order valence-corrected chi connectivity index (χ0v) is 16.4. The molecule has 0 saturated heterocycles. The summed E-state index contributed by atoms with van der Waals surface area (Å²) in [5.41, 5.74) is 0.935. The van der Waals surface area contributed by atoms with Crippen LogP contribution < -0.4 is 5.56 Å². The van der Waals surface area contributed by atoms with Gasteiger partial charge >= 0.3 is 0 Å². The number of Topliss-reactive ketones (excluding diaryl/α,β-unsaturated/α-hetero) is 1. The molecule has 0 amide bonds. The number of para-hydroxylation sites is 2. The third kappa shape index (κ3) is 3.56. The van der Waals surface area contributed by atoms with Crippen LogP contribution in [0.3, 0.4) is 0 Å². The van der Waals surface area contributed by atoms with Crippen molar-refractivity contribution in [3.05, 3.63) is 86.3 Å². The fraction of sp³-hybridized carbons (Fsp3) is 0.0500. The molecule has 0 unspecified atom stereocenters. The molecule has 4 rings (SSSR count). The van der Waals surface area contributed by atoms with Crippen molar-refractivity contribution in [2.75, 3.05) is 5.75 Å². The first-order chi connectivity index (χ1) is 13.1. The first kappa shape index (κ1) is 18.0. The van der Waals surface area contributed by atoms with Gasteiger partial charge in [0.1, 0.15) is 0 Å². The summed E-state index contributed by atoms with van der Waals surface area (Å²) in [6, 6.07) is 17.9. The minimum atomic E-state index is -0.209.